The molecule has 0 aliphatic heterocycles. The number of fused-ring (bicyclic) bond motifs is 1. The Hall–Kier alpha value is -4.27. The van der Waals surface area contributed by atoms with Crippen LogP contribution in [0.3, 0.4) is 0 Å². The fourth-order valence-electron chi connectivity index (χ4n) is 3.73. The molecule has 0 atom stereocenters. The summed E-state index contributed by atoms with van der Waals surface area (Å²) >= 11 is 0. The van der Waals surface area contributed by atoms with Crippen LogP contribution in [0.4, 0.5) is 0 Å². The predicted octanol–water partition coefficient (Wildman–Crippen LogP) is 3.44. The summed E-state index contributed by atoms with van der Waals surface area (Å²) in [4.78, 5) is 22.2. The highest BCUT2D eigenvalue weighted by Gasteiger charge is 2.18. The van der Waals surface area contributed by atoms with Crippen LogP contribution in [0, 0.1) is 0 Å². The average Bonchev–Trinajstić information content (AvgIpc) is 3.23. The fraction of sp³-hybridized carbons (Fsp3) is 0.240. The smallest absolute Gasteiger partial charge is 0.251 e. The number of aromatic nitrogens is 3. The van der Waals surface area contributed by atoms with E-state index < -0.39 is 0 Å². The predicted molar refractivity (Wildman–Crippen MR) is 127 cm³/mol. The molecular formula is C25H26N4O5. The maximum Gasteiger partial charge on any atom is 0.251 e. The van der Waals surface area contributed by atoms with E-state index in [1.807, 2.05) is 41.0 Å². The number of hydrogen-bond acceptors (Lipinski definition) is 7. The number of methoxy groups -OCH3 is 4. The topological polar surface area (TPSA) is 96.7 Å². The van der Waals surface area contributed by atoms with E-state index in [1.54, 1.807) is 25.4 Å². The number of nitrogens with zero attached hydrogens (tertiary/aromatic N) is 3. The standard InChI is InChI=1S/C25H26N4O5/c1-31-18-8-5-7-16(11-18)15-29-22(28-19-9-6-10-26-24(19)29)14-27-25(30)17-12-20(32-2)23(34-4)21(13-17)33-3/h5-13H,14-15H2,1-4H3,(H,27,30). The van der Waals surface area contributed by atoms with Gasteiger partial charge in [-0.05, 0) is 42.0 Å². The van der Waals surface area contributed by atoms with E-state index >= 15 is 0 Å². The quantitative estimate of drug-likeness (QED) is 0.407. The number of pyridine rings is 1. The van der Waals surface area contributed by atoms with Crippen molar-refractivity contribution in [2.75, 3.05) is 28.4 Å². The number of carbonyl (C=O) groups is 1. The third-order valence-corrected chi connectivity index (χ3v) is 5.39. The van der Waals surface area contributed by atoms with Crippen molar-refractivity contribution < 1.29 is 23.7 Å². The van der Waals surface area contributed by atoms with Crippen LogP contribution in [-0.4, -0.2) is 48.9 Å². The second-order valence-electron chi connectivity index (χ2n) is 7.41. The van der Waals surface area contributed by atoms with Crippen LogP contribution >= 0.6 is 0 Å². The molecule has 2 aromatic carbocycles. The van der Waals surface area contributed by atoms with E-state index in [0.29, 0.717) is 35.2 Å². The number of carbonyl (C=O) groups excluding carboxylic acids is 1. The van der Waals surface area contributed by atoms with Crippen molar-refractivity contribution in [1.82, 2.24) is 19.9 Å². The van der Waals surface area contributed by atoms with Crippen LogP contribution in [0.2, 0.25) is 0 Å². The molecule has 0 spiro atoms. The lowest BCUT2D eigenvalue weighted by molar-refractivity contribution is 0.0948. The molecule has 9 nitrogen and oxygen atoms in total. The second-order valence-corrected chi connectivity index (χ2v) is 7.41. The minimum Gasteiger partial charge on any atom is -0.497 e. The Morgan fingerprint density at radius 2 is 1.71 bits per heavy atom. The van der Waals surface area contributed by atoms with Gasteiger partial charge in [-0.3, -0.25) is 4.79 Å². The summed E-state index contributed by atoms with van der Waals surface area (Å²) in [6.07, 6.45) is 1.73. The summed E-state index contributed by atoms with van der Waals surface area (Å²) in [7, 11) is 6.16. The van der Waals surface area contributed by atoms with E-state index in [1.165, 1.54) is 21.3 Å². The van der Waals surface area contributed by atoms with Crippen molar-refractivity contribution in [2.24, 2.45) is 0 Å². The Kier molecular flexibility index (Phi) is 6.82. The van der Waals surface area contributed by atoms with E-state index in [4.69, 9.17) is 23.9 Å². The van der Waals surface area contributed by atoms with E-state index in [2.05, 4.69) is 10.3 Å². The van der Waals surface area contributed by atoms with E-state index in [-0.39, 0.29) is 12.5 Å². The van der Waals surface area contributed by atoms with Crippen LogP contribution < -0.4 is 24.3 Å². The minimum absolute atomic E-state index is 0.204. The fourth-order valence-corrected chi connectivity index (χ4v) is 3.73. The number of nitrogens with one attached hydrogen (secondary N) is 1. The monoisotopic (exact) mass is 462 g/mol. The molecule has 176 valence electrons. The maximum absolute atomic E-state index is 13.0. The number of ether oxygens (including phenoxy) is 4. The molecule has 0 unspecified atom stereocenters. The molecule has 0 aliphatic carbocycles. The van der Waals surface area contributed by atoms with Gasteiger partial charge in [-0.1, -0.05) is 12.1 Å². The van der Waals surface area contributed by atoms with Gasteiger partial charge in [0.2, 0.25) is 5.75 Å². The van der Waals surface area contributed by atoms with Gasteiger partial charge in [0, 0.05) is 11.8 Å². The third kappa shape index (κ3) is 4.59. The molecule has 1 amide bonds. The van der Waals surface area contributed by atoms with Gasteiger partial charge < -0.3 is 28.8 Å². The highest BCUT2D eigenvalue weighted by Crippen LogP contribution is 2.38. The van der Waals surface area contributed by atoms with Crippen molar-refractivity contribution in [2.45, 2.75) is 13.1 Å². The summed E-state index contributed by atoms with van der Waals surface area (Å²) in [5.74, 6) is 2.38. The average molecular weight is 463 g/mol. The molecule has 2 heterocycles. The summed E-state index contributed by atoms with van der Waals surface area (Å²) < 4.78 is 23.4. The van der Waals surface area contributed by atoms with Crippen molar-refractivity contribution in [3.8, 4) is 23.0 Å². The Morgan fingerprint density at radius 3 is 2.38 bits per heavy atom. The Morgan fingerprint density at radius 1 is 0.941 bits per heavy atom. The second kappa shape index (κ2) is 10.1. The van der Waals surface area contributed by atoms with Gasteiger partial charge in [-0.2, -0.15) is 0 Å². The third-order valence-electron chi connectivity index (χ3n) is 5.39. The molecule has 4 aromatic rings. The van der Waals surface area contributed by atoms with Crippen LogP contribution in [0.5, 0.6) is 23.0 Å². The first-order chi connectivity index (χ1) is 16.6. The Bertz CT molecular complexity index is 1290. The van der Waals surface area contributed by atoms with Crippen LogP contribution in [0.25, 0.3) is 11.2 Å². The van der Waals surface area contributed by atoms with Gasteiger partial charge in [-0.15, -0.1) is 0 Å². The van der Waals surface area contributed by atoms with Crippen molar-refractivity contribution in [1.29, 1.82) is 0 Å². The largest absolute Gasteiger partial charge is 0.497 e. The van der Waals surface area contributed by atoms with Crippen LogP contribution in [-0.2, 0) is 13.1 Å². The maximum atomic E-state index is 13.0. The molecule has 0 fully saturated rings. The zero-order chi connectivity index (χ0) is 24.1. The van der Waals surface area contributed by atoms with Gasteiger partial charge >= 0.3 is 0 Å². The number of amides is 1. The van der Waals surface area contributed by atoms with Crippen molar-refractivity contribution in [3.05, 3.63) is 71.7 Å². The molecule has 0 radical (unpaired) electrons. The number of rotatable bonds is 9. The first-order valence-corrected chi connectivity index (χ1v) is 10.6. The molecule has 2 aromatic heterocycles. The molecule has 4 rings (SSSR count). The Labute approximate surface area is 197 Å². The molecule has 9 heteroatoms. The van der Waals surface area contributed by atoms with Gasteiger partial charge in [0.15, 0.2) is 17.1 Å². The van der Waals surface area contributed by atoms with Gasteiger partial charge in [0.25, 0.3) is 5.91 Å². The number of benzene rings is 2. The lowest BCUT2D eigenvalue weighted by Crippen LogP contribution is -2.25. The molecule has 0 saturated heterocycles. The van der Waals surface area contributed by atoms with Gasteiger partial charge in [-0.25, -0.2) is 9.97 Å². The van der Waals surface area contributed by atoms with Crippen molar-refractivity contribution >= 4 is 17.1 Å². The molecule has 0 aliphatic rings. The zero-order valence-corrected chi connectivity index (χ0v) is 19.5. The molecule has 1 N–H and O–H groups in total. The lowest BCUT2D eigenvalue weighted by Gasteiger charge is -2.14. The lowest BCUT2D eigenvalue weighted by atomic mass is 10.1. The summed E-state index contributed by atoms with van der Waals surface area (Å²) in [6, 6.07) is 14.8. The number of imidazole rings is 1. The highest BCUT2D eigenvalue weighted by molar-refractivity contribution is 5.95. The highest BCUT2D eigenvalue weighted by atomic mass is 16.5. The molecule has 0 bridgehead atoms. The summed E-state index contributed by atoms with van der Waals surface area (Å²) in [5.41, 5.74) is 2.90. The molecule has 0 saturated carbocycles. The summed E-state index contributed by atoms with van der Waals surface area (Å²) in [6.45, 7) is 0.732. The normalized spacial score (nSPS) is 10.7. The van der Waals surface area contributed by atoms with E-state index in [9.17, 15) is 4.79 Å². The molecular weight excluding hydrogens is 436 g/mol. The van der Waals surface area contributed by atoms with Crippen LogP contribution in [0.15, 0.2) is 54.7 Å². The van der Waals surface area contributed by atoms with Crippen molar-refractivity contribution in [3.63, 3.8) is 0 Å². The van der Waals surface area contributed by atoms with Gasteiger partial charge in [0.05, 0.1) is 41.5 Å². The van der Waals surface area contributed by atoms with Gasteiger partial charge in [0.1, 0.15) is 17.1 Å². The number of hydrogen-bond donors (Lipinski definition) is 1. The van der Waals surface area contributed by atoms with Crippen LogP contribution in [0.1, 0.15) is 21.7 Å². The SMILES string of the molecule is COc1cccc(Cn2c(CNC(=O)c3cc(OC)c(OC)c(OC)c3)nc3cccnc32)c1. The first-order valence-electron chi connectivity index (χ1n) is 10.6. The zero-order valence-electron chi connectivity index (χ0n) is 19.5. The minimum atomic E-state index is -0.299. The Balaban J connectivity index is 1.61. The summed E-state index contributed by atoms with van der Waals surface area (Å²) in [5, 5.41) is 2.94. The first kappa shape index (κ1) is 22.9. The molecule has 34 heavy (non-hydrogen) atoms. The van der Waals surface area contributed by atoms with E-state index in [0.717, 1.165) is 22.5 Å².